The molecule has 4 aromatic heterocycles. The number of nitrogens with zero attached hydrogens (tertiary/aromatic N) is 6. The number of unbranched alkanes of at least 4 members (excludes halogenated alkanes) is 1. The molecule has 0 aliphatic heterocycles. The van der Waals surface area contributed by atoms with Crippen LogP contribution in [0.2, 0.25) is 5.02 Å². The van der Waals surface area contributed by atoms with Crippen molar-refractivity contribution < 1.29 is 9.90 Å². The number of anilines is 2. The molecule has 0 radical (unpaired) electrons. The van der Waals surface area contributed by atoms with Gasteiger partial charge in [-0.2, -0.15) is 5.10 Å². The lowest BCUT2D eigenvalue weighted by atomic mass is 10.0. The highest BCUT2D eigenvalue weighted by atomic mass is 35.5. The first-order chi connectivity index (χ1) is 24.8. The summed E-state index contributed by atoms with van der Waals surface area (Å²) < 4.78 is 1.70. The van der Waals surface area contributed by atoms with Gasteiger partial charge in [-0.15, -0.1) is 0 Å². The first-order valence-electron chi connectivity index (χ1n) is 16.1. The number of hydrogen-bond donors (Lipinski definition) is 4. The fourth-order valence-electron chi connectivity index (χ4n) is 5.85. The summed E-state index contributed by atoms with van der Waals surface area (Å²) in [5.41, 5.74) is 11.0. The van der Waals surface area contributed by atoms with Crippen LogP contribution in [0.3, 0.4) is 0 Å². The summed E-state index contributed by atoms with van der Waals surface area (Å²) in [6.07, 6.45) is 6.28. The number of carbonyl (C=O) groups excluding carboxylic acids is 1. The van der Waals surface area contributed by atoms with E-state index in [4.69, 9.17) is 27.4 Å². The average Bonchev–Trinajstić information content (AvgIpc) is 3.49. The molecule has 0 saturated carbocycles. The van der Waals surface area contributed by atoms with Crippen molar-refractivity contribution in [1.82, 2.24) is 34.7 Å². The highest BCUT2D eigenvalue weighted by Crippen LogP contribution is 2.33. The number of pyridine rings is 1. The van der Waals surface area contributed by atoms with Gasteiger partial charge in [0.25, 0.3) is 5.56 Å². The Balaban J connectivity index is 1.12. The van der Waals surface area contributed by atoms with Crippen LogP contribution in [0, 0.1) is 11.8 Å². The molecule has 0 atom stereocenters. The van der Waals surface area contributed by atoms with E-state index in [1.54, 1.807) is 65.6 Å². The number of aromatic nitrogens is 7. The summed E-state index contributed by atoms with van der Waals surface area (Å²) in [4.78, 5) is 46.0. The second kappa shape index (κ2) is 14.5. The van der Waals surface area contributed by atoms with Gasteiger partial charge in [-0.25, -0.2) is 19.6 Å². The van der Waals surface area contributed by atoms with E-state index in [-0.39, 0.29) is 36.0 Å². The van der Waals surface area contributed by atoms with E-state index < -0.39 is 0 Å². The van der Waals surface area contributed by atoms with Crippen LogP contribution in [-0.2, 0) is 17.8 Å². The number of aromatic amines is 1. The molecule has 12 nitrogen and oxygen atoms in total. The van der Waals surface area contributed by atoms with E-state index in [0.717, 1.165) is 11.1 Å². The van der Waals surface area contributed by atoms with Crippen LogP contribution in [0.25, 0.3) is 33.2 Å². The first-order valence-corrected chi connectivity index (χ1v) is 16.4. The number of aromatic hydroxyl groups is 1. The van der Waals surface area contributed by atoms with Gasteiger partial charge in [0.1, 0.15) is 29.4 Å². The van der Waals surface area contributed by atoms with Crippen LogP contribution in [0.4, 0.5) is 11.5 Å². The van der Waals surface area contributed by atoms with Crippen molar-refractivity contribution in [3.05, 3.63) is 129 Å². The second-order valence-electron chi connectivity index (χ2n) is 11.7. The lowest BCUT2D eigenvalue weighted by Gasteiger charge is -2.12. The minimum atomic E-state index is -0.304. The Morgan fingerprint density at radius 3 is 2.69 bits per heavy atom. The third-order valence-electron chi connectivity index (χ3n) is 8.24. The van der Waals surface area contributed by atoms with E-state index >= 15 is 0 Å². The fourth-order valence-corrected chi connectivity index (χ4v) is 6.11. The predicted octanol–water partition coefficient (Wildman–Crippen LogP) is 5.87. The van der Waals surface area contributed by atoms with E-state index in [9.17, 15) is 14.7 Å². The Morgan fingerprint density at radius 1 is 1.02 bits per heavy atom. The first kappa shape index (κ1) is 32.9. The van der Waals surface area contributed by atoms with Crippen LogP contribution in [0.15, 0.2) is 96.3 Å². The Kier molecular flexibility index (Phi) is 9.36. The third kappa shape index (κ3) is 7.24. The van der Waals surface area contributed by atoms with E-state index in [1.807, 2.05) is 24.3 Å². The number of fused-ring (bicyclic) bond motifs is 2. The number of nitrogens with two attached hydrogens (primary N) is 1. The predicted molar refractivity (Wildman–Crippen MR) is 196 cm³/mol. The summed E-state index contributed by atoms with van der Waals surface area (Å²) in [7, 11) is 0. The third-order valence-corrected chi connectivity index (χ3v) is 8.59. The molecule has 0 bridgehead atoms. The van der Waals surface area contributed by atoms with Crippen molar-refractivity contribution in [2.75, 3.05) is 11.1 Å². The Morgan fingerprint density at radius 2 is 1.84 bits per heavy atom. The Labute approximate surface area is 296 Å². The number of nitrogens with one attached hydrogen (secondary N) is 2. The summed E-state index contributed by atoms with van der Waals surface area (Å²) in [6, 6.07) is 21.1. The normalized spacial score (nSPS) is 11.0. The monoisotopic (exact) mass is 695 g/mol. The molecule has 51 heavy (non-hydrogen) atoms. The maximum absolute atomic E-state index is 13.4. The number of phenols is 1. The molecule has 0 unspecified atom stereocenters. The molecule has 0 aliphatic carbocycles. The van der Waals surface area contributed by atoms with Gasteiger partial charge in [-0.3, -0.25) is 14.6 Å². The molecule has 0 aliphatic rings. The Bertz CT molecular complexity index is 2540. The minimum absolute atomic E-state index is 0.0917. The van der Waals surface area contributed by atoms with Gasteiger partial charge in [0.15, 0.2) is 5.65 Å². The van der Waals surface area contributed by atoms with Gasteiger partial charge in [-0.1, -0.05) is 53.8 Å². The smallest absolute Gasteiger partial charge is 0.260 e. The molecular weight excluding hydrogens is 666 g/mol. The molecule has 252 valence electrons. The number of carbonyl (C=O) groups is 1. The quantitative estimate of drug-likeness (QED) is 0.106. The molecule has 1 amide bonds. The number of benzene rings is 3. The second-order valence-corrected chi connectivity index (χ2v) is 12.1. The van der Waals surface area contributed by atoms with Crippen LogP contribution in [-0.4, -0.2) is 45.7 Å². The lowest BCUT2D eigenvalue weighted by molar-refractivity contribution is -0.116. The van der Waals surface area contributed by atoms with Gasteiger partial charge in [0.05, 0.1) is 22.8 Å². The molecule has 3 aromatic carbocycles. The number of nitrogen functional groups attached to an aromatic ring is 1. The van der Waals surface area contributed by atoms with Crippen molar-refractivity contribution >= 4 is 50.9 Å². The number of rotatable bonds is 9. The van der Waals surface area contributed by atoms with Crippen LogP contribution < -0.4 is 16.6 Å². The van der Waals surface area contributed by atoms with Crippen LogP contribution >= 0.6 is 11.6 Å². The number of amides is 1. The van der Waals surface area contributed by atoms with Crippen molar-refractivity contribution in [1.29, 1.82) is 0 Å². The highest BCUT2D eigenvalue weighted by Gasteiger charge is 2.20. The van der Waals surface area contributed by atoms with E-state index in [2.05, 4.69) is 37.1 Å². The van der Waals surface area contributed by atoms with E-state index in [0.29, 0.717) is 74.6 Å². The summed E-state index contributed by atoms with van der Waals surface area (Å²) in [5.74, 6) is 6.89. The Hall–Kier alpha value is -6.58. The van der Waals surface area contributed by atoms with Crippen LogP contribution in [0.1, 0.15) is 41.8 Å². The number of H-pyrrole nitrogens is 1. The molecule has 13 heteroatoms. The summed E-state index contributed by atoms with van der Waals surface area (Å²) >= 11 is 6.78. The van der Waals surface area contributed by atoms with Gasteiger partial charge < -0.3 is 21.1 Å². The number of phenolic OH excluding ortho intramolecular Hbond substituents is 1. The maximum atomic E-state index is 13.4. The molecular formula is C38H30ClN9O3. The molecule has 0 saturated heterocycles. The summed E-state index contributed by atoms with van der Waals surface area (Å²) in [5, 5.41) is 19.2. The van der Waals surface area contributed by atoms with Gasteiger partial charge in [0.2, 0.25) is 5.91 Å². The molecule has 5 N–H and O–H groups in total. The molecule has 7 aromatic rings. The fraction of sp³-hybridized carbons (Fsp3) is 0.132. The SMILES string of the molecule is Nc1ncnc2c1c(-c1cccc(O)c1)nn2Cc1c(Cl)cccc1Cc1nc2cccc(C#CCCCC(=O)Nc3ccncc3)c2c(=O)[nH]1. The van der Waals surface area contributed by atoms with Gasteiger partial charge >= 0.3 is 0 Å². The van der Waals surface area contributed by atoms with Gasteiger partial charge in [-0.05, 0) is 60.0 Å². The summed E-state index contributed by atoms with van der Waals surface area (Å²) in [6.45, 7) is 0.240. The zero-order chi connectivity index (χ0) is 35.3. The zero-order valence-electron chi connectivity index (χ0n) is 27.1. The molecule has 7 rings (SSSR count). The number of hydrogen-bond acceptors (Lipinski definition) is 9. The topological polar surface area (TPSA) is 178 Å². The molecule has 0 spiro atoms. The van der Waals surface area contributed by atoms with Crippen molar-refractivity contribution in [3.8, 4) is 28.8 Å². The highest BCUT2D eigenvalue weighted by molar-refractivity contribution is 6.31. The lowest BCUT2D eigenvalue weighted by Crippen LogP contribution is -2.14. The maximum Gasteiger partial charge on any atom is 0.260 e. The van der Waals surface area contributed by atoms with Crippen LogP contribution in [0.5, 0.6) is 5.75 Å². The van der Waals surface area contributed by atoms with Crippen molar-refractivity contribution in [2.24, 2.45) is 0 Å². The average molecular weight is 696 g/mol. The molecule has 4 heterocycles. The minimum Gasteiger partial charge on any atom is -0.508 e. The standard InChI is InChI=1S/C38H30ClN9O3/c39-29-12-5-9-24(28(29)21-48-37-34(36(40)42-22-43-37)35(47-48)25-10-4-11-27(49)19-25)20-31-45-30-13-6-8-23(33(30)38(51)46-31)7-2-1-3-14-32(50)44-26-15-17-41-18-16-26/h4-6,8-13,15-19,22,49H,1,3,14,20-21H2,(H2,40,42,43)(H,41,44,50)(H,45,46,51). The van der Waals surface area contributed by atoms with Crippen molar-refractivity contribution in [2.45, 2.75) is 32.2 Å². The van der Waals surface area contributed by atoms with Gasteiger partial charge in [0, 0.05) is 53.5 Å². The van der Waals surface area contributed by atoms with Crippen molar-refractivity contribution in [3.63, 3.8) is 0 Å². The largest absolute Gasteiger partial charge is 0.508 e. The van der Waals surface area contributed by atoms with E-state index in [1.165, 1.54) is 6.33 Å². The zero-order valence-corrected chi connectivity index (χ0v) is 27.9. The molecule has 0 fully saturated rings. The number of halogens is 1.